The van der Waals surface area contributed by atoms with E-state index >= 15 is 0 Å². The molecule has 0 bridgehead atoms. The molecule has 1 aliphatic heterocycles. The number of hydrogen-bond donors (Lipinski definition) is 1. The maximum absolute atomic E-state index is 12.0. The first-order chi connectivity index (χ1) is 9.72. The Morgan fingerprint density at radius 3 is 2.55 bits per heavy atom. The van der Waals surface area contributed by atoms with Gasteiger partial charge in [0.25, 0.3) is 5.91 Å². The number of hydrogen-bond acceptors (Lipinski definition) is 4. The van der Waals surface area contributed by atoms with Gasteiger partial charge in [0.15, 0.2) is 0 Å². The molecule has 2 aliphatic rings. The monoisotopic (exact) mass is 277 g/mol. The highest BCUT2D eigenvalue weighted by atomic mass is 16.9. The minimum absolute atomic E-state index is 0.0866. The average molecular weight is 277 g/mol. The molecule has 108 valence electrons. The Morgan fingerprint density at radius 1 is 1.30 bits per heavy atom. The highest BCUT2D eigenvalue weighted by molar-refractivity contribution is 5.94. The lowest BCUT2D eigenvalue weighted by Gasteiger charge is -2.27. The predicted octanol–water partition coefficient (Wildman–Crippen LogP) is 1.68. The van der Waals surface area contributed by atoms with Crippen molar-refractivity contribution in [1.29, 1.82) is 0 Å². The Kier molecular flexibility index (Phi) is 3.74. The lowest BCUT2D eigenvalue weighted by Crippen LogP contribution is -2.46. The van der Waals surface area contributed by atoms with Crippen molar-refractivity contribution < 1.29 is 19.0 Å². The van der Waals surface area contributed by atoms with Crippen LogP contribution in [-0.2, 0) is 14.2 Å². The highest BCUT2D eigenvalue weighted by Crippen LogP contribution is 2.38. The average Bonchev–Trinajstić information content (AvgIpc) is 3.05. The maximum Gasteiger partial charge on any atom is 0.301 e. The quantitative estimate of drug-likeness (QED) is 0.910. The number of benzene rings is 1. The minimum Gasteiger partial charge on any atom is -0.344 e. The van der Waals surface area contributed by atoms with Gasteiger partial charge in [-0.1, -0.05) is 18.2 Å². The van der Waals surface area contributed by atoms with E-state index in [1.807, 2.05) is 18.2 Å². The van der Waals surface area contributed by atoms with Gasteiger partial charge in [0.2, 0.25) is 0 Å². The molecule has 1 saturated heterocycles. The summed E-state index contributed by atoms with van der Waals surface area (Å²) in [7, 11) is 1.54. The zero-order valence-electron chi connectivity index (χ0n) is 11.5. The summed E-state index contributed by atoms with van der Waals surface area (Å²) in [5.74, 6) is -1.30. The van der Waals surface area contributed by atoms with Crippen LogP contribution in [0.25, 0.3) is 0 Å². The van der Waals surface area contributed by atoms with E-state index in [0.717, 1.165) is 19.3 Å². The van der Waals surface area contributed by atoms with Crippen molar-refractivity contribution in [3.8, 4) is 0 Å². The molecule has 0 aromatic heterocycles. The number of carbonyl (C=O) groups excluding carboxylic acids is 1. The van der Waals surface area contributed by atoms with Gasteiger partial charge in [-0.2, -0.15) is 0 Å². The number of nitrogens with one attached hydrogen (secondary N) is 1. The summed E-state index contributed by atoms with van der Waals surface area (Å²) in [6.45, 7) is 0.185. The summed E-state index contributed by atoms with van der Waals surface area (Å²) in [5.41, 5.74) is 0.608. The van der Waals surface area contributed by atoms with E-state index in [1.165, 1.54) is 7.11 Å². The zero-order valence-corrected chi connectivity index (χ0v) is 11.5. The fourth-order valence-electron chi connectivity index (χ4n) is 2.78. The molecule has 2 fully saturated rings. The van der Waals surface area contributed by atoms with E-state index in [1.54, 1.807) is 12.1 Å². The van der Waals surface area contributed by atoms with Gasteiger partial charge in [0.05, 0.1) is 18.8 Å². The van der Waals surface area contributed by atoms with Gasteiger partial charge in [-0.05, 0) is 31.4 Å². The Morgan fingerprint density at radius 2 is 1.95 bits per heavy atom. The second-order valence-corrected chi connectivity index (χ2v) is 5.18. The summed E-state index contributed by atoms with van der Waals surface area (Å²) in [5, 5.41) is 2.81. The molecular formula is C15H19NO4. The third-order valence-electron chi connectivity index (χ3n) is 3.87. The van der Waals surface area contributed by atoms with E-state index in [-0.39, 0.29) is 24.7 Å². The molecule has 1 aliphatic carbocycles. The van der Waals surface area contributed by atoms with Gasteiger partial charge in [0, 0.05) is 12.7 Å². The van der Waals surface area contributed by atoms with Gasteiger partial charge in [0.1, 0.15) is 0 Å². The standard InChI is InChI=1S/C15H19NO4/c1-18-15(19-12-8-5-9-13(12)20-15)10-16-14(17)11-6-3-2-4-7-11/h2-4,6-7,12-13H,5,8-10H2,1H3,(H,16,17)/t12-,13+,15?. The summed E-state index contributed by atoms with van der Waals surface area (Å²) in [6, 6.07) is 9.06. The Hall–Kier alpha value is -1.43. The lowest BCUT2D eigenvalue weighted by atomic mass is 10.2. The molecule has 1 saturated carbocycles. The SMILES string of the molecule is COC1(CNC(=O)c2ccccc2)O[C@H]2CCC[C@H]2O1. The van der Waals surface area contributed by atoms with Crippen LogP contribution in [0.2, 0.25) is 0 Å². The van der Waals surface area contributed by atoms with Gasteiger partial charge in [-0.15, -0.1) is 0 Å². The number of ether oxygens (including phenoxy) is 3. The maximum atomic E-state index is 12.0. The molecular weight excluding hydrogens is 258 g/mol. The van der Waals surface area contributed by atoms with Crippen LogP contribution in [0.3, 0.4) is 0 Å². The third kappa shape index (κ3) is 2.57. The van der Waals surface area contributed by atoms with Gasteiger partial charge in [-0.25, -0.2) is 0 Å². The van der Waals surface area contributed by atoms with Gasteiger partial charge < -0.3 is 19.5 Å². The molecule has 0 spiro atoms. The van der Waals surface area contributed by atoms with Crippen molar-refractivity contribution in [3.63, 3.8) is 0 Å². The minimum atomic E-state index is -1.14. The predicted molar refractivity (Wildman–Crippen MR) is 72.1 cm³/mol. The molecule has 5 nitrogen and oxygen atoms in total. The Balaban J connectivity index is 1.61. The molecule has 5 heteroatoms. The van der Waals surface area contributed by atoms with E-state index < -0.39 is 5.97 Å². The highest BCUT2D eigenvalue weighted by Gasteiger charge is 2.50. The van der Waals surface area contributed by atoms with Crippen LogP contribution in [0.1, 0.15) is 29.6 Å². The van der Waals surface area contributed by atoms with E-state index in [2.05, 4.69) is 5.32 Å². The van der Waals surface area contributed by atoms with Crippen molar-refractivity contribution in [2.45, 2.75) is 37.4 Å². The zero-order chi connectivity index (χ0) is 14.0. The summed E-state index contributed by atoms with van der Waals surface area (Å²) >= 11 is 0. The molecule has 1 amide bonds. The number of carbonyl (C=O) groups is 1. The first kappa shape index (κ1) is 13.5. The van der Waals surface area contributed by atoms with E-state index in [0.29, 0.717) is 5.56 Å². The molecule has 1 aromatic rings. The van der Waals surface area contributed by atoms with Gasteiger partial charge >= 0.3 is 5.97 Å². The molecule has 3 atom stereocenters. The van der Waals surface area contributed by atoms with Gasteiger partial charge in [-0.3, -0.25) is 4.79 Å². The van der Waals surface area contributed by atoms with Crippen LogP contribution >= 0.6 is 0 Å². The van der Waals surface area contributed by atoms with Crippen molar-refractivity contribution in [1.82, 2.24) is 5.32 Å². The molecule has 1 N–H and O–H groups in total. The number of rotatable bonds is 4. The van der Waals surface area contributed by atoms with Crippen molar-refractivity contribution in [2.75, 3.05) is 13.7 Å². The fraction of sp³-hybridized carbons (Fsp3) is 0.533. The first-order valence-corrected chi connectivity index (χ1v) is 6.96. The van der Waals surface area contributed by atoms with Crippen molar-refractivity contribution in [3.05, 3.63) is 35.9 Å². The smallest absolute Gasteiger partial charge is 0.301 e. The van der Waals surface area contributed by atoms with Crippen LogP contribution < -0.4 is 5.32 Å². The second-order valence-electron chi connectivity index (χ2n) is 5.18. The normalized spacial score (nSPS) is 32.0. The van der Waals surface area contributed by atoms with E-state index in [9.17, 15) is 4.79 Å². The van der Waals surface area contributed by atoms with Crippen LogP contribution in [0.15, 0.2) is 30.3 Å². The van der Waals surface area contributed by atoms with Crippen LogP contribution in [0, 0.1) is 0 Å². The first-order valence-electron chi connectivity index (χ1n) is 6.96. The molecule has 1 unspecified atom stereocenters. The van der Waals surface area contributed by atoms with Crippen molar-refractivity contribution in [2.24, 2.45) is 0 Å². The Bertz CT molecular complexity index is 464. The molecule has 1 aromatic carbocycles. The molecule has 3 rings (SSSR count). The summed E-state index contributed by atoms with van der Waals surface area (Å²) < 4.78 is 17.1. The van der Waals surface area contributed by atoms with Crippen LogP contribution in [-0.4, -0.2) is 37.7 Å². The molecule has 1 heterocycles. The lowest BCUT2D eigenvalue weighted by molar-refractivity contribution is -0.327. The Labute approximate surface area is 118 Å². The third-order valence-corrected chi connectivity index (χ3v) is 3.87. The van der Waals surface area contributed by atoms with Crippen LogP contribution in [0.5, 0.6) is 0 Å². The number of amides is 1. The topological polar surface area (TPSA) is 56.8 Å². The summed E-state index contributed by atoms with van der Waals surface area (Å²) in [6.07, 6.45) is 3.27. The van der Waals surface area contributed by atoms with Crippen molar-refractivity contribution >= 4 is 5.91 Å². The largest absolute Gasteiger partial charge is 0.344 e. The number of methoxy groups -OCH3 is 1. The molecule has 20 heavy (non-hydrogen) atoms. The second kappa shape index (κ2) is 5.52. The van der Waals surface area contributed by atoms with E-state index in [4.69, 9.17) is 14.2 Å². The number of fused-ring (bicyclic) bond motifs is 1. The summed E-state index contributed by atoms with van der Waals surface area (Å²) in [4.78, 5) is 12.0. The molecule has 0 radical (unpaired) electrons. The fourth-order valence-corrected chi connectivity index (χ4v) is 2.78. The van der Waals surface area contributed by atoms with Crippen LogP contribution in [0.4, 0.5) is 0 Å².